The summed E-state index contributed by atoms with van der Waals surface area (Å²) in [7, 11) is 1.50. The maximum Gasteiger partial charge on any atom is 0.179 e. The van der Waals surface area contributed by atoms with Gasteiger partial charge in [-0.1, -0.05) is 77.4 Å². The number of aliphatic hydroxyl groups is 1. The Labute approximate surface area is 174 Å². The van der Waals surface area contributed by atoms with Gasteiger partial charge in [-0.3, -0.25) is 0 Å². The van der Waals surface area contributed by atoms with Crippen molar-refractivity contribution in [1.29, 1.82) is 0 Å². The van der Waals surface area contributed by atoms with Gasteiger partial charge >= 0.3 is 0 Å². The fraction of sp³-hybridized carbons (Fsp3) is 0.208. The van der Waals surface area contributed by atoms with Crippen LogP contribution in [0.15, 0.2) is 84.0 Å². The zero-order chi connectivity index (χ0) is 20.1. The molecule has 1 N–H and O–H groups in total. The second-order valence-electron chi connectivity index (χ2n) is 7.44. The van der Waals surface area contributed by atoms with Gasteiger partial charge < -0.3 is 14.7 Å². The summed E-state index contributed by atoms with van der Waals surface area (Å²) in [6.07, 6.45) is 0.505. The molecule has 5 rings (SSSR count). The van der Waals surface area contributed by atoms with E-state index in [4.69, 9.17) is 21.2 Å². The molecular formula is C24H20ClNO3. The average molecular weight is 406 g/mol. The molecule has 4 nitrogen and oxygen atoms in total. The third-order valence-electron chi connectivity index (χ3n) is 6.07. The normalized spacial score (nSPS) is 28.7. The van der Waals surface area contributed by atoms with Gasteiger partial charge in [-0.15, -0.1) is 0 Å². The highest BCUT2D eigenvalue weighted by Gasteiger charge is 2.72. The van der Waals surface area contributed by atoms with Crippen LogP contribution in [0.4, 0.5) is 0 Å². The summed E-state index contributed by atoms with van der Waals surface area (Å²) < 4.78 is 6.66. The zero-order valence-electron chi connectivity index (χ0n) is 15.9. The summed E-state index contributed by atoms with van der Waals surface area (Å²) >= 11 is 6.17. The molecule has 146 valence electrons. The van der Waals surface area contributed by atoms with Crippen LogP contribution in [0.2, 0.25) is 5.02 Å². The number of benzene rings is 3. The molecule has 1 saturated carbocycles. The molecule has 1 aliphatic carbocycles. The Morgan fingerprint density at radius 1 is 1.00 bits per heavy atom. The van der Waals surface area contributed by atoms with Crippen LogP contribution >= 0.6 is 11.6 Å². The van der Waals surface area contributed by atoms with E-state index in [9.17, 15) is 5.11 Å². The van der Waals surface area contributed by atoms with Crippen molar-refractivity contribution in [3.05, 3.63) is 101 Å². The van der Waals surface area contributed by atoms with Crippen LogP contribution in [0.25, 0.3) is 0 Å². The van der Waals surface area contributed by atoms with E-state index in [1.165, 1.54) is 7.11 Å². The van der Waals surface area contributed by atoms with Crippen molar-refractivity contribution in [1.82, 2.24) is 0 Å². The molecule has 1 fully saturated rings. The summed E-state index contributed by atoms with van der Waals surface area (Å²) in [5.41, 5.74) is 0.608. The molecule has 0 bridgehead atoms. The van der Waals surface area contributed by atoms with Crippen LogP contribution < -0.4 is 4.74 Å². The van der Waals surface area contributed by atoms with Gasteiger partial charge in [-0.2, -0.15) is 0 Å². The minimum absolute atomic E-state index is 0.170. The minimum Gasteiger partial charge on any atom is -0.478 e. The first-order valence-corrected chi connectivity index (χ1v) is 9.91. The van der Waals surface area contributed by atoms with Gasteiger partial charge in [0.05, 0.1) is 5.71 Å². The Kier molecular flexibility index (Phi) is 4.16. The van der Waals surface area contributed by atoms with Gasteiger partial charge in [0.15, 0.2) is 11.2 Å². The highest BCUT2D eigenvalue weighted by Crippen LogP contribution is 2.65. The smallest absolute Gasteiger partial charge is 0.179 e. The van der Waals surface area contributed by atoms with Crippen LogP contribution in [-0.4, -0.2) is 17.9 Å². The molecule has 2 aliphatic rings. The van der Waals surface area contributed by atoms with E-state index in [0.29, 0.717) is 28.5 Å². The summed E-state index contributed by atoms with van der Waals surface area (Å²) in [6.45, 7) is 0. The van der Waals surface area contributed by atoms with Crippen LogP contribution in [-0.2, 0) is 16.0 Å². The van der Waals surface area contributed by atoms with Gasteiger partial charge in [-0.05, 0) is 29.3 Å². The molecule has 3 aromatic carbocycles. The fourth-order valence-electron chi connectivity index (χ4n) is 4.90. The van der Waals surface area contributed by atoms with E-state index in [1.54, 1.807) is 0 Å². The fourth-order valence-corrected chi connectivity index (χ4v) is 5.02. The molecule has 0 unspecified atom stereocenters. The lowest BCUT2D eigenvalue weighted by Crippen LogP contribution is -2.50. The maximum atomic E-state index is 12.3. The molecule has 1 aliphatic heterocycles. The lowest BCUT2D eigenvalue weighted by Gasteiger charge is -2.39. The molecule has 0 aromatic heterocycles. The van der Waals surface area contributed by atoms with E-state index in [1.807, 2.05) is 66.7 Å². The molecule has 0 saturated heterocycles. The SMILES string of the molecule is CON=C1C[C@@H](c2ccccc2)[C@]2(c3ccc(Cl)cc3)Oc3ccccc3[C@]12O. The highest BCUT2D eigenvalue weighted by molar-refractivity contribution is 6.30. The third kappa shape index (κ3) is 2.39. The molecule has 0 spiro atoms. The Hall–Kier alpha value is -2.82. The predicted octanol–water partition coefficient (Wildman–Crippen LogP) is 5.01. The van der Waals surface area contributed by atoms with Crippen LogP contribution in [0.3, 0.4) is 0 Å². The van der Waals surface area contributed by atoms with Crippen molar-refractivity contribution in [2.75, 3.05) is 7.11 Å². The number of nitrogens with zero attached hydrogens (tertiary/aromatic N) is 1. The molecule has 29 heavy (non-hydrogen) atoms. The first-order valence-electron chi connectivity index (χ1n) is 9.53. The van der Waals surface area contributed by atoms with Crippen LogP contribution in [0.1, 0.15) is 29.0 Å². The number of oxime groups is 1. The van der Waals surface area contributed by atoms with E-state index in [-0.39, 0.29) is 5.92 Å². The van der Waals surface area contributed by atoms with Crippen LogP contribution in [0.5, 0.6) is 5.75 Å². The van der Waals surface area contributed by atoms with Crippen LogP contribution in [0, 0.1) is 0 Å². The van der Waals surface area contributed by atoms with E-state index in [0.717, 1.165) is 11.1 Å². The molecular weight excluding hydrogens is 386 g/mol. The van der Waals surface area contributed by atoms with Crippen molar-refractivity contribution in [2.24, 2.45) is 5.16 Å². The summed E-state index contributed by atoms with van der Waals surface area (Å²) in [5, 5.41) is 17.2. The number of hydrogen-bond donors (Lipinski definition) is 1. The zero-order valence-corrected chi connectivity index (χ0v) is 16.6. The number of ether oxygens (including phenoxy) is 1. The first-order chi connectivity index (χ1) is 14.1. The summed E-state index contributed by atoms with van der Waals surface area (Å²) in [4.78, 5) is 5.15. The van der Waals surface area contributed by atoms with Crippen molar-refractivity contribution >= 4 is 17.3 Å². The van der Waals surface area contributed by atoms with Gasteiger partial charge in [0, 0.05) is 22.9 Å². The lowest BCUT2D eigenvalue weighted by molar-refractivity contribution is -0.0751. The summed E-state index contributed by atoms with van der Waals surface area (Å²) in [6, 6.07) is 25.2. The van der Waals surface area contributed by atoms with Gasteiger partial charge in [0.25, 0.3) is 0 Å². The molecule has 0 radical (unpaired) electrons. The van der Waals surface area contributed by atoms with E-state index < -0.39 is 11.2 Å². The molecule has 0 amide bonds. The predicted molar refractivity (Wildman–Crippen MR) is 112 cm³/mol. The molecule has 3 atom stereocenters. The lowest BCUT2D eigenvalue weighted by atomic mass is 9.71. The Morgan fingerprint density at radius 3 is 2.41 bits per heavy atom. The standard InChI is InChI=1S/C24H20ClNO3/c1-28-26-22-15-20(16-7-3-2-4-8-16)24(17-11-13-18(25)14-12-17)23(22,27)19-9-5-6-10-21(19)29-24/h2-14,20,27H,15H2,1H3/t20-,23-,24-/m0/s1. The van der Waals surface area contributed by atoms with Crippen molar-refractivity contribution < 1.29 is 14.7 Å². The monoisotopic (exact) mass is 405 g/mol. The summed E-state index contributed by atoms with van der Waals surface area (Å²) in [5.74, 6) is 0.477. The van der Waals surface area contributed by atoms with Gasteiger partial charge in [0.1, 0.15) is 12.9 Å². The topological polar surface area (TPSA) is 51.0 Å². The second-order valence-corrected chi connectivity index (χ2v) is 7.88. The molecule has 3 aromatic rings. The maximum absolute atomic E-state index is 12.3. The van der Waals surface area contributed by atoms with Crippen molar-refractivity contribution in [3.63, 3.8) is 0 Å². The first kappa shape index (κ1) is 18.2. The Bertz CT molecular complexity index is 1080. The number of rotatable bonds is 3. The Balaban J connectivity index is 1.84. The third-order valence-corrected chi connectivity index (χ3v) is 6.32. The highest BCUT2D eigenvalue weighted by atomic mass is 35.5. The van der Waals surface area contributed by atoms with Gasteiger partial charge in [-0.25, -0.2) is 0 Å². The van der Waals surface area contributed by atoms with E-state index >= 15 is 0 Å². The molecule has 5 heteroatoms. The quantitative estimate of drug-likeness (QED) is 0.623. The minimum atomic E-state index is -1.46. The van der Waals surface area contributed by atoms with E-state index in [2.05, 4.69) is 17.3 Å². The number of fused-ring (bicyclic) bond motifs is 3. The second kappa shape index (κ2) is 6.61. The Morgan fingerprint density at radius 2 is 1.69 bits per heavy atom. The van der Waals surface area contributed by atoms with Crippen molar-refractivity contribution in [2.45, 2.75) is 23.5 Å². The van der Waals surface area contributed by atoms with Crippen molar-refractivity contribution in [3.8, 4) is 5.75 Å². The average Bonchev–Trinajstić information content (AvgIpc) is 3.16. The number of para-hydroxylation sites is 1. The number of hydrogen-bond acceptors (Lipinski definition) is 4. The largest absolute Gasteiger partial charge is 0.478 e. The molecule has 1 heterocycles. The van der Waals surface area contributed by atoms with Gasteiger partial charge in [0.2, 0.25) is 0 Å². The number of halogens is 1.